The number of nitrogens with zero attached hydrogens (tertiary/aromatic N) is 3. The summed E-state index contributed by atoms with van der Waals surface area (Å²) in [5.41, 5.74) is 3.33. The Labute approximate surface area is 182 Å². The third kappa shape index (κ3) is 4.70. The van der Waals surface area contributed by atoms with Gasteiger partial charge in [0.25, 0.3) is 5.56 Å². The van der Waals surface area contributed by atoms with Gasteiger partial charge in [0.05, 0.1) is 11.4 Å². The number of rotatable bonds is 8. The number of aryl methyl sites for hydroxylation is 3. The van der Waals surface area contributed by atoms with Crippen LogP contribution in [-0.2, 0) is 17.8 Å². The zero-order valence-corrected chi connectivity index (χ0v) is 19.0. The molecule has 0 bridgehead atoms. The maximum Gasteiger partial charge on any atom is 0.255 e. The Kier molecular flexibility index (Phi) is 6.93. The molecular weight excluding hydrogens is 395 g/mol. The Balaban J connectivity index is 2.01. The van der Waals surface area contributed by atoms with Gasteiger partial charge in [0, 0.05) is 30.5 Å². The molecule has 0 aliphatic carbocycles. The van der Waals surface area contributed by atoms with E-state index in [0.717, 1.165) is 23.1 Å². The summed E-state index contributed by atoms with van der Waals surface area (Å²) in [6.07, 6.45) is 1.57. The quantitative estimate of drug-likeness (QED) is 0.591. The second kappa shape index (κ2) is 9.45. The summed E-state index contributed by atoms with van der Waals surface area (Å²) in [5.74, 6) is 0.120. The molecule has 0 fully saturated rings. The monoisotopic (exact) mass is 426 g/mol. The van der Waals surface area contributed by atoms with Gasteiger partial charge in [-0.2, -0.15) is 5.10 Å². The molecule has 0 saturated heterocycles. The number of halogens is 1. The van der Waals surface area contributed by atoms with Crippen molar-refractivity contribution in [2.45, 2.75) is 60.4 Å². The first-order valence-electron chi connectivity index (χ1n) is 10.9. The van der Waals surface area contributed by atoms with E-state index in [9.17, 15) is 14.0 Å². The Morgan fingerprint density at radius 3 is 2.65 bits per heavy atom. The molecule has 0 aliphatic heterocycles. The Bertz CT molecular complexity index is 1160. The van der Waals surface area contributed by atoms with E-state index < -0.39 is 0 Å². The van der Waals surface area contributed by atoms with E-state index in [1.807, 2.05) is 20.8 Å². The highest BCUT2D eigenvalue weighted by molar-refractivity contribution is 5.85. The summed E-state index contributed by atoms with van der Waals surface area (Å²) in [6.45, 7) is 11.0. The summed E-state index contributed by atoms with van der Waals surface area (Å²) in [6, 6.07) is 6.18. The van der Waals surface area contributed by atoms with Gasteiger partial charge in [-0.1, -0.05) is 19.9 Å². The third-order valence-electron chi connectivity index (χ3n) is 5.64. The number of aromatic nitrogens is 3. The van der Waals surface area contributed by atoms with Crippen LogP contribution >= 0.6 is 0 Å². The second-order valence-corrected chi connectivity index (χ2v) is 8.36. The maximum atomic E-state index is 13.8. The number of nitrogens with one attached hydrogen (secondary N) is 1. The molecule has 0 spiro atoms. The average molecular weight is 427 g/mol. The van der Waals surface area contributed by atoms with Gasteiger partial charge in [0.1, 0.15) is 11.5 Å². The van der Waals surface area contributed by atoms with Crippen LogP contribution in [0, 0.1) is 25.6 Å². The summed E-state index contributed by atoms with van der Waals surface area (Å²) in [5, 5.41) is 8.42. The van der Waals surface area contributed by atoms with Crippen molar-refractivity contribution in [1.29, 1.82) is 0 Å². The fourth-order valence-electron chi connectivity index (χ4n) is 3.98. The summed E-state index contributed by atoms with van der Waals surface area (Å²) in [4.78, 5) is 25.6. The fourth-order valence-corrected chi connectivity index (χ4v) is 3.98. The first-order valence-corrected chi connectivity index (χ1v) is 10.9. The number of amides is 1. The number of hydrogen-bond acceptors (Lipinski definition) is 3. The molecule has 1 amide bonds. The van der Waals surface area contributed by atoms with Crippen molar-refractivity contribution in [3.05, 3.63) is 57.3 Å². The van der Waals surface area contributed by atoms with Crippen LogP contribution in [0.5, 0.6) is 0 Å². The Morgan fingerprint density at radius 1 is 1.26 bits per heavy atom. The molecule has 0 radical (unpaired) electrons. The fraction of sp³-hybridized carbons (Fsp3) is 0.458. The molecule has 31 heavy (non-hydrogen) atoms. The number of hydrogen-bond donors (Lipinski definition) is 1. The van der Waals surface area contributed by atoms with Gasteiger partial charge in [-0.15, -0.1) is 0 Å². The molecule has 0 aliphatic rings. The predicted molar refractivity (Wildman–Crippen MR) is 121 cm³/mol. The highest BCUT2D eigenvalue weighted by Gasteiger charge is 2.21. The molecule has 2 aromatic heterocycles. The second-order valence-electron chi connectivity index (χ2n) is 8.36. The van der Waals surface area contributed by atoms with Crippen LogP contribution < -0.4 is 10.9 Å². The number of benzene rings is 1. The first kappa shape index (κ1) is 22.7. The van der Waals surface area contributed by atoms with Gasteiger partial charge in [0.2, 0.25) is 5.91 Å². The van der Waals surface area contributed by atoms with Gasteiger partial charge in [-0.05, 0) is 63.3 Å². The molecule has 7 heteroatoms. The molecule has 3 rings (SSSR count). The van der Waals surface area contributed by atoms with Crippen LogP contribution in [0.2, 0.25) is 0 Å². The average Bonchev–Trinajstić information content (AvgIpc) is 3.05. The van der Waals surface area contributed by atoms with Crippen molar-refractivity contribution < 1.29 is 9.18 Å². The van der Waals surface area contributed by atoms with E-state index >= 15 is 0 Å². The molecule has 0 atom stereocenters. The number of carbonyl (C=O) groups excluding carboxylic acids is 1. The lowest BCUT2D eigenvalue weighted by atomic mass is 10.0. The number of carbonyl (C=O) groups is 1. The van der Waals surface area contributed by atoms with Crippen molar-refractivity contribution >= 4 is 16.9 Å². The van der Waals surface area contributed by atoms with Crippen LogP contribution in [0.25, 0.3) is 16.7 Å². The van der Waals surface area contributed by atoms with Crippen molar-refractivity contribution in [3.8, 4) is 5.69 Å². The number of fused-ring (bicyclic) bond motifs is 1. The minimum absolute atomic E-state index is 0.0465. The Hall–Kier alpha value is -2.96. The molecule has 6 nitrogen and oxygen atoms in total. The number of pyridine rings is 1. The predicted octanol–water partition coefficient (Wildman–Crippen LogP) is 4.06. The molecule has 0 saturated carbocycles. The van der Waals surface area contributed by atoms with Gasteiger partial charge in [-0.25, -0.2) is 9.07 Å². The van der Waals surface area contributed by atoms with Gasteiger partial charge in [-0.3, -0.25) is 14.2 Å². The largest absolute Gasteiger partial charge is 0.356 e. The SMILES string of the molecule is CCn1c(=O)c(CCC(=O)NCCC(C)C)c(C)c2c(C)nn(-c3cccc(F)c3)c21. The van der Waals surface area contributed by atoms with E-state index in [1.54, 1.807) is 21.4 Å². The summed E-state index contributed by atoms with van der Waals surface area (Å²) >= 11 is 0. The zero-order valence-electron chi connectivity index (χ0n) is 19.0. The van der Waals surface area contributed by atoms with Crippen LogP contribution in [-0.4, -0.2) is 26.8 Å². The van der Waals surface area contributed by atoms with Crippen LogP contribution in [0.3, 0.4) is 0 Å². The van der Waals surface area contributed by atoms with Crippen molar-refractivity contribution in [1.82, 2.24) is 19.7 Å². The topological polar surface area (TPSA) is 68.9 Å². The maximum absolute atomic E-state index is 13.8. The van der Waals surface area contributed by atoms with Gasteiger partial charge < -0.3 is 5.32 Å². The van der Waals surface area contributed by atoms with Crippen LogP contribution in [0.15, 0.2) is 29.1 Å². The Morgan fingerprint density at radius 2 is 2.00 bits per heavy atom. The minimum Gasteiger partial charge on any atom is -0.356 e. The first-order chi connectivity index (χ1) is 14.7. The van der Waals surface area contributed by atoms with E-state index in [-0.39, 0.29) is 23.7 Å². The highest BCUT2D eigenvalue weighted by atomic mass is 19.1. The van der Waals surface area contributed by atoms with Gasteiger partial charge in [0.15, 0.2) is 0 Å². The van der Waals surface area contributed by atoms with E-state index in [2.05, 4.69) is 24.3 Å². The van der Waals surface area contributed by atoms with Crippen molar-refractivity contribution in [2.75, 3.05) is 6.54 Å². The molecule has 2 heterocycles. The molecule has 3 aromatic rings. The summed E-state index contributed by atoms with van der Waals surface area (Å²) < 4.78 is 17.1. The zero-order chi connectivity index (χ0) is 22.7. The normalized spacial score (nSPS) is 11.5. The molecule has 1 aromatic carbocycles. The summed E-state index contributed by atoms with van der Waals surface area (Å²) in [7, 11) is 0. The van der Waals surface area contributed by atoms with Crippen molar-refractivity contribution in [3.63, 3.8) is 0 Å². The van der Waals surface area contributed by atoms with E-state index in [4.69, 9.17) is 0 Å². The standard InChI is InChI=1S/C24H31FN4O2/c1-6-28-23-22(17(5)27-29(23)19-9-7-8-18(25)14-19)16(4)20(24(28)31)10-11-21(30)26-13-12-15(2)3/h7-9,14-15H,6,10-13H2,1-5H3,(H,26,30). The highest BCUT2D eigenvalue weighted by Crippen LogP contribution is 2.26. The smallest absolute Gasteiger partial charge is 0.255 e. The lowest BCUT2D eigenvalue weighted by molar-refractivity contribution is -0.121. The lowest BCUT2D eigenvalue weighted by Gasteiger charge is -2.14. The van der Waals surface area contributed by atoms with E-state index in [0.29, 0.717) is 42.3 Å². The lowest BCUT2D eigenvalue weighted by Crippen LogP contribution is -2.29. The van der Waals surface area contributed by atoms with Crippen LogP contribution in [0.4, 0.5) is 4.39 Å². The third-order valence-corrected chi connectivity index (χ3v) is 5.64. The molecule has 0 unspecified atom stereocenters. The van der Waals surface area contributed by atoms with Crippen LogP contribution in [0.1, 0.15) is 50.4 Å². The van der Waals surface area contributed by atoms with E-state index in [1.165, 1.54) is 12.1 Å². The molecule has 166 valence electrons. The van der Waals surface area contributed by atoms with Crippen molar-refractivity contribution in [2.24, 2.45) is 5.92 Å². The minimum atomic E-state index is -0.360. The van der Waals surface area contributed by atoms with Gasteiger partial charge >= 0.3 is 0 Å². The molecular formula is C24H31FN4O2. The molecule has 1 N–H and O–H groups in total.